The summed E-state index contributed by atoms with van der Waals surface area (Å²) >= 11 is 0. The number of morpholine rings is 1. The largest absolute Gasteiger partial charge is 0.374 e. The Morgan fingerprint density at radius 1 is 1.73 bits per heavy atom. The van der Waals surface area contributed by atoms with E-state index < -0.39 is 0 Å². The molecule has 0 radical (unpaired) electrons. The minimum Gasteiger partial charge on any atom is -0.374 e. The van der Waals surface area contributed by atoms with Crippen LogP contribution in [0.1, 0.15) is 11.5 Å². The predicted octanol–water partition coefficient (Wildman–Crippen LogP) is -0.122. The fraction of sp³-hybridized carbons (Fsp3) is 0.700. The number of imidazole rings is 1. The van der Waals surface area contributed by atoms with Crippen molar-refractivity contribution < 1.29 is 4.74 Å². The molecule has 1 aliphatic rings. The summed E-state index contributed by atoms with van der Waals surface area (Å²) < 4.78 is 5.50. The van der Waals surface area contributed by atoms with Crippen LogP contribution in [0.5, 0.6) is 0 Å². The molecular weight excluding hydrogens is 192 g/mol. The Balaban J connectivity index is 1.88. The van der Waals surface area contributed by atoms with Gasteiger partial charge in [0.15, 0.2) is 0 Å². The summed E-state index contributed by atoms with van der Waals surface area (Å²) in [6.07, 6.45) is 2.03. The highest BCUT2D eigenvalue weighted by Gasteiger charge is 2.19. The summed E-state index contributed by atoms with van der Waals surface area (Å²) in [6, 6.07) is 0. The standard InChI is InChI=1S/C10H18N4O/c1-8-5-12-10(13-8)7-14-2-3-15-9(4-11)6-14/h5,9H,2-4,6-7,11H2,1H3,(H,12,13). The first-order valence-electron chi connectivity index (χ1n) is 5.32. The average molecular weight is 210 g/mol. The van der Waals surface area contributed by atoms with E-state index in [1.54, 1.807) is 0 Å². The fourth-order valence-corrected chi connectivity index (χ4v) is 1.83. The molecule has 0 aliphatic carbocycles. The lowest BCUT2D eigenvalue weighted by molar-refractivity contribution is -0.0267. The molecule has 84 valence electrons. The average Bonchev–Trinajstić information content (AvgIpc) is 2.64. The highest BCUT2D eigenvalue weighted by Crippen LogP contribution is 2.07. The van der Waals surface area contributed by atoms with Crippen LogP contribution in [0.15, 0.2) is 6.20 Å². The van der Waals surface area contributed by atoms with E-state index in [1.165, 1.54) is 0 Å². The van der Waals surface area contributed by atoms with Gasteiger partial charge in [0, 0.05) is 31.5 Å². The zero-order valence-corrected chi connectivity index (χ0v) is 9.07. The molecule has 0 bridgehead atoms. The predicted molar refractivity (Wildman–Crippen MR) is 57.4 cm³/mol. The van der Waals surface area contributed by atoms with E-state index >= 15 is 0 Å². The number of H-pyrrole nitrogens is 1. The molecule has 1 unspecified atom stereocenters. The molecule has 1 saturated heterocycles. The molecule has 2 heterocycles. The molecule has 1 fully saturated rings. The second kappa shape index (κ2) is 4.74. The first-order chi connectivity index (χ1) is 7.28. The maximum Gasteiger partial charge on any atom is 0.120 e. The zero-order valence-electron chi connectivity index (χ0n) is 9.07. The summed E-state index contributed by atoms with van der Waals surface area (Å²) in [5, 5.41) is 0. The van der Waals surface area contributed by atoms with Crippen LogP contribution >= 0.6 is 0 Å². The highest BCUT2D eigenvalue weighted by atomic mass is 16.5. The quantitative estimate of drug-likeness (QED) is 0.729. The molecule has 2 rings (SSSR count). The van der Waals surface area contributed by atoms with Crippen LogP contribution in [-0.2, 0) is 11.3 Å². The summed E-state index contributed by atoms with van der Waals surface area (Å²) in [5.41, 5.74) is 6.69. The maximum absolute atomic E-state index is 5.59. The van der Waals surface area contributed by atoms with Gasteiger partial charge in [-0.25, -0.2) is 4.98 Å². The van der Waals surface area contributed by atoms with E-state index in [9.17, 15) is 0 Å². The molecule has 15 heavy (non-hydrogen) atoms. The normalized spacial score (nSPS) is 23.2. The Morgan fingerprint density at radius 3 is 3.27 bits per heavy atom. The van der Waals surface area contributed by atoms with Gasteiger partial charge in [0.05, 0.1) is 19.3 Å². The number of aryl methyl sites for hydroxylation is 1. The molecular formula is C10H18N4O. The monoisotopic (exact) mass is 210 g/mol. The minimum atomic E-state index is 0.176. The molecule has 0 saturated carbocycles. The van der Waals surface area contributed by atoms with Crippen molar-refractivity contribution in [2.45, 2.75) is 19.6 Å². The van der Waals surface area contributed by atoms with Crippen LogP contribution in [0.2, 0.25) is 0 Å². The van der Waals surface area contributed by atoms with Gasteiger partial charge in [0.2, 0.25) is 0 Å². The molecule has 5 nitrogen and oxygen atoms in total. The fourth-order valence-electron chi connectivity index (χ4n) is 1.83. The van der Waals surface area contributed by atoms with Gasteiger partial charge < -0.3 is 15.5 Å². The maximum atomic E-state index is 5.59. The van der Waals surface area contributed by atoms with E-state index in [4.69, 9.17) is 10.5 Å². The van der Waals surface area contributed by atoms with Gasteiger partial charge in [-0.15, -0.1) is 0 Å². The van der Waals surface area contributed by atoms with Crippen LogP contribution in [0.3, 0.4) is 0 Å². The van der Waals surface area contributed by atoms with Gasteiger partial charge >= 0.3 is 0 Å². The Bertz CT molecular complexity index is 312. The lowest BCUT2D eigenvalue weighted by atomic mass is 10.2. The molecule has 5 heteroatoms. The van der Waals surface area contributed by atoms with Crippen molar-refractivity contribution in [1.82, 2.24) is 14.9 Å². The third-order valence-corrected chi connectivity index (χ3v) is 2.61. The number of nitrogens with one attached hydrogen (secondary N) is 1. The summed E-state index contributed by atoms with van der Waals surface area (Å²) in [7, 11) is 0. The van der Waals surface area contributed by atoms with E-state index in [1.807, 2.05) is 13.1 Å². The summed E-state index contributed by atoms with van der Waals surface area (Å²) in [5.74, 6) is 1.02. The van der Waals surface area contributed by atoms with Crippen LogP contribution in [-0.4, -0.2) is 47.2 Å². The Hall–Kier alpha value is -0.910. The number of hydrogen-bond donors (Lipinski definition) is 2. The smallest absolute Gasteiger partial charge is 0.120 e. The Morgan fingerprint density at radius 2 is 2.60 bits per heavy atom. The van der Waals surface area contributed by atoms with Gasteiger partial charge in [0.1, 0.15) is 5.82 Å². The molecule has 0 aromatic carbocycles. The Kier molecular flexibility index (Phi) is 3.35. The zero-order chi connectivity index (χ0) is 10.7. The molecule has 0 amide bonds. The van der Waals surface area contributed by atoms with Crippen molar-refractivity contribution >= 4 is 0 Å². The lowest BCUT2D eigenvalue weighted by Crippen LogP contribution is -2.45. The van der Waals surface area contributed by atoms with Gasteiger partial charge in [-0.05, 0) is 6.92 Å². The van der Waals surface area contributed by atoms with Crippen molar-refractivity contribution in [3.63, 3.8) is 0 Å². The number of nitrogens with two attached hydrogens (primary N) is 1. The summed E-state index contributed by atoms with van der Waals surface area (Å²) in [4.78, 5) is 9.84. The highest BCUT2D eigenvalue weighted by molar-refractivity contribution is 4.98. The molecule has 0 spiro atoms. The van der Waals surface area contributed by atoms with Crippen LogP contribution in [0, 0.1) is 6.92 Å². The Labute approximate surface area is 89.6 Å². The van der Waals surface area contributed by atoms with E-state index in [2.05, 4.69) is 14.9 Å². The van der Waals surface area contributed by atoms with Crippen molar-refractivity contribution in [2.24, 2.45) is 5.73 Å². The van der Waals surface area contributed by atoms with Gasteiger partial charge in [0.25, 0.3) is 0 Å². The third kappa shape index (κ3) is 2.77. The van der Waals surface area contributed by atoms with Crippen molar-refractivity contribution in [2.75, 3.05) is 26.2 Å². The SMILES string of the molecule is Cc1cnc(CN2CCOC(CN)C2)[nH]1. The van der Waals surface area contributed by atoms with Crippen LogP contribution in [0.4, 0.5) is 0 Å². The number of aromatic amines is 1. The number of rotatable bonds is 3. The molecule has 1 aliphatic heterocycles. The van der Waals surface area contributed by atoms with Crippen molar-refractivity contribution in [1.29, 1.82) is 0 Å². The van der Waals surface area contributed by atoms with Gasteiger partial charge in [-0.1, -0.05) is 0 Å². The minimum absolute atomic E-state index is 0.176. The van der Waals surface area contributed by atoms with Crippen LogP contribution < -0.4 is 5.73 Å². The first kappa shape index (κ1) is 10.6. The topological polar surface area (TPSA) is 67.2 Å². The molecule has 1 aromatic heterocycles. The van der Waals surface area contributed by atoms with E-state index in [0.717, 1.165) is 37.8 Å². The van der Waals surface area contributed by atoms with Gasteiger partial charge in [-0.2, -0.15) is 0 Å². The second-order valence-electron chi connectivity index (χ2n) is 3.98. The number of hydrogen-bond acceptors (Lipinski definition) is 4. The van der Waals surface area contributed by atoms with Crippen LogP contribution in [0.25, 0.3) is 0 Å². The lowest BCUT2D eigenvalue weighted by Gasteiger charge is -2.31. The second-order valence-corrected chi connectivity index (χ2v) is 3.98. The molecule has 1 atom stereocenters. The van der Waals surface area contributed by atoms with Crippen molar-refractivity contribution in [3.8, 4) is 0 Å². The van der Waals surface area contributed by atoms with E-state index in [0.29, 0.717) is 6.54 Å². The number of nitrogens with zero attached hydrogens (tertiary/aromatic N) is 2. The summed E-state index contributed by atoms with van der Waals surface area (Å²) in [6.45, 7) is 6.08. The first-order valence-corrected chi connectivity index (χ1v) is 5.32. The number of ether oxygens (including phenoxy) is 1. The van der Waals surface area contributed by atoms with E-state index in [-0.39, 0.29) is 6.10 Å². The molecule has 1 aromatic rings. The third-order valence-electron chi connectivity index (χ3n) is 2.61. The molecule has 3 N–H and O–H groups in total. The van der Waals surface area contributed by atoms with Crippen molar-refractivity contribution in [3.05, 3.63) is 17.7 Å². The number of aromatic nitrogens is 2. The van der Waals surface area contributed by atoms with Gasteiger partial charge in [-0.3, -0.25) is 4.90 Å².